The molecule has 140 valence electrons. The van der Waals surface area contributed by atoms with Gasteiger partial charge in [0.1, 0.15) is 0 Å². The normalized spacial score (nSPS) is 20.5. The standard InChI is InChI=1S/C24H21NO3/c1-17(18-11-5-2-6-12-18)25-21(19-13-7-3-8-14-19)22(28-24(27)23(25)26)20-15-9-4-10-16-20/h2-17,21-22H,1H3/t17-,21-,22+/m1/s1. The van der Waals surface area contributed by atoms with Crippen LogP contribution >= 0.6 is 0 Å². The fourth-order valence-electron chi connectivity index (χ4n) is 3.80. The molecule has 1 saturated heterocycles. The highest BCUT2D eigenvalue weighted by atomic mass is 16.6. The molecule has 4 rings (SSSR count). The molecule has 0 saturated carbocycles. The van der Waals surface area contributed by atoms with E-state index in [1.807, 2.05) is 97.9 Å². The number of hydrogen-bond donors (Lipinski definition) is 0. The fourth-order valence-corrected chi connectivity index (χ4v) is 3.80. The van der Waals surface area contributed by atoms with E-state index < -0.39 is 24.0 Å². The Morgan fingerprint density at radius 2 is 1.25 bits per heavy atom. The summed E-state index contributed by atoms with van der Waals surface area (Å²) in [7, 11) is 0. The molecule has 1 aliphatic heterocycles. The van der Waals surface area contributed by atoms with Crippen LogP contribution in [0, 0.1) is 0 Å². The van der Waals surface area contributed by atoms with E-state index in [1.54, 1.807) is 4.90 Å². The molecule has 1 amide bonds. The van der Waals surface area contributed by atoms with Crippen LogP contribution in [0.5, 0.6) is 0 Å². The predicted octanol–water partition coefficient (Wildman–Crippen LogP) is 4.62. The third kappa shape index (κ3) is 3.29. The van der Waals surface area contributed by atoms with Crippen molar-refractivity contribution in [1.82, 2.24) is 4.90 Å². The maximum absolute atomic E-state index is 13.0. The monoisotopic (exact) mass is 371 g/mol. The van der Waals surface area contributed by atoms with Crippen LogP contribution in [0.1, 0.15) is 41.8 Å². The first-order valence-electron chi connectivity index (χ1n) is 9.35. The van der Waals surface area contributed by atoms with Crippen molar-refractivity contribution >= 4 is 11.9 Å². The summed E-state index contributed by atoms with van der Waals surface area (Å²) in [6, 6.07) is 28.4. The summed E-state index contributed by atoms with van der Waals surface area (Å²) in [6.07, 6.45) is -0.569. The van der Waals surface area contributed by atoms with Gasteiger partial charge in [-0.25, -0.2) is 4.79 Å². The van der Waals surface area contributed by atoms with E-state index >= 15 is 0 Å². The number of benzene rings is 3. The van der Waals surface area contributed by atoms with Crippen LogP contribution < -0.4 is 0 Å². The lowest BCUT2D eigenvalue weighted by Crippen LogP contribution is -2.49. The average molecular weight is 371 g/mol. The number of amides is 1. The quantitative estimate of drug-likeness (QED) is 0.497. The summed E-state index contributed by atoms with van der Waals surface area (Å²) in [5, 5.41) is 0. The minimum Gasteiger partial charge on any atom is -0.448 e. The minimum absolute atomic E-state index is 0.280. The lowest BCUT2D eigenvalue weighted by atomic mass is 9.90. The molecule has 0 spiro atoms. The van der Waals surface area contributed by atoms with E-state index in [4.69, 9.17) is 4.74 Å². The molecule has 28 heavy (non-hydrogen) atoms. The van der Waals surface area contributed by atoms with Gasteiger partial charge in [0.05, 0.1) is 12.1 Å². The Labute approximate surface area is 164 Å². The molecular formula is C24H21NO3. The van der Waals surface area contributed by atoms with Gasteiger partial charge in [-0.1, -0.05) is 91.0 Å². The molecule has 4 heteroatoms. The van der Waals surface area contributed by atoms with Gasteiger partial charge in [0, 0.05) is 0 Å². The fraction of sp³-hybridized carbons (Fsp3) is 0.167. The van der Waals surface area contributed by atoms with Crippen molar-refractivity contribution in [2.24, 2.45) is 0 Å². The first-order valence-corrected chi connectivity index (χ1v) is 9.35. The molecule has 0 aromatic heterocycles. The summed E-state index contributed by atoms with van der Waals surface area (Å²) < 4.78 is 5.64. The topological polar surface area (TPSA) is 46.6 Å². The summed E-state index contributed by atoms with van der Waals surface area (Å²) in [6.45, 7) is 1.95. The zero-order valence-corrected chi connectivity index (χ0v) is 15.6. The number of carbonyl (C=O) groups is 2. The van der Waals surface area contributed by atoms with Crippen molar-refractivity contribution in [3.8, 4) is 0 Å². The molecule has 0 radical (unpaired) electrons. The Kier molecular flexibility index (Phi) is 4.94. The third-order valence-electron chi connectivity index (χ3n) is 5.20. The van der Waals surface area contributed by atoms with Gasteiger partial charge in [-0.05, 0) is 23.6 Å². The van der Waals surface area contributed by atoms with Crippen LogP contribution in [0.25, 0.3) is 0 Å². The lowest BCUT2D eigenvalue weighted by molar-refractivity contribution is -0.182. The highest BCUT2D eigenvalue weighted by molar-refractivity contribution is 6.33. The number of carbonyl (C=O) groups excluding carboxylic acids is 2. The second-order valence-corrected chi connectivity index (χ2v) is 6.89. The molecule has 0 N–H and O–H groups in total. The summed E-state index contributed by atoms with van der Waals surface area (Å²) in [5.74, 6) is -1.43. The molecule has 1 heterocycles. The molecule has 0 unspecified atom stereocenters. The van der Waals surface area contributed by atoms with Crippen LogP contribution in [0.4, 0.5) is 0 Å². The average Bonchev–Trinajstić information content (AvgIpc) is 2.76. The number of esters is 1. The lowest BCUT2D eigenvalue weighted by Gasteiger charge is -2.43. The maximum Gasteiger partial charge on any atom is 0.397 e. The Morgan fingerprint density at radius 1 is 0.750 bits per heavy atom. The maximum atomic E-state index is 13.0. The van der Waals surface area contributed by atoms with Gasteiger partial charge in [-0.15, -0.1) is 0 Å². The highest BCUT2D eigenvalue weighted by Gasteiger charge is 2.46. The number of ether oxygens (including phenoxy) is 1. The number of cyclic esters (lactones) is 1. The van der Waals surface area contributed by atoms with Crippen LogP contribution in [0.2, 0.25) is 0 Å². The largest absolute Gasteiger partial charge is 0.448 e. The van der Waals surface area contributed by atoms with E-state index in [-0.39, 0.29) is 6.04 Å². The summed E-state index contributed by atoms with van der Waals surface area (Å²) in [5.41, 5.74) is 2.76. The van der Waals surface area contributed by atoms with Gasteiger partial charge >= 0.3 is 11.9 Å². The molecule has 3 aromatic rings. The van der Waals surface area contributed by atoms with Crippen molar-refractivity contribution in [2.75, 3.05) is 0 Å². The van der Waals surface area contributed by atoms with E-state index in [0.29, 0.717) is 0 Å². The molecule has 4 nitrogen and oxygen atoms in total. The zero-order valence-electron chi connectivity index (χ0n) is 15.6. The van der Waals surface area contributed by atoms with Crippen molar-refractivity contribution in [3.05, 3.63) is 108 Å². The van der Waals surface area contributed by atoms with E-state index in [9.17, 15) is 9.59 Å². The number of morpholine rings is 1. The number of rotatable bonds is 4. The summed E-state index contributed by atoms with van der Waals surface area (Å²) in [4.78, 5) is 27.1. The van der Waals surface area contributed by atoms with Crippen LogP contribution in [0.3, 0.4) is 0 Å². The Bertz CT molecular complexity index is 957. The van der Waals surface area contributed by atoms with Gasteiger partial charge in [-0.2, -0.15) is 0 Å². The smallest absolute Gasteiger partial charge is 0.397 e. The molecule has 3 atom stereocenters. The van der Waals surface area contributed by atoms with Crippen molar-refractivity contribution in [2.45, 2.75) is 25.1 Å². The SMILES string of the molecule is C[C@H](c1ccccc1)N1C(=O)C(=O)O[C@@H](c2ccccc2)[C@H]1c1ccccc1. The number of hydrogen-bond acceptors (Lipinski definition) is 3. The van der Waals surface area contributed by atoms with Crippen molar-refractivity contribution in [1.29, 1.82) is 0 Å². The van der Waals surface area contributed by atoms with Crippen LogP contribution in [0.15, 0.2) is 91.0 Å². The van der Waals surface area contributed by atoms with Crippen LogP contribution in [-0.4, -0.2) is 16.8 Å². The third-order valence-corrected chi connectivity index (χ3v) is 5.20. The van der Waals surface area contributed by atoms with E-state index in [1.165, 1.54) is 0 Å². The van der Waals surface area contributed by atoms with Crippen LogP contribution in [-0.2, 0) is 14.3 Å². The number of nitrogens with zero attached hydrogens (tertiary/aromatic N) is 1. The van der Waals surface area contributed by atoms with Gasteiger partial charge in [0.2, 0.25) is 0 Å². The van der Waals surface area contributed by atoms with Crippen molar-refractivity contribution in [3.63, 3.8) is 0 Å². The molecular weight excluding hydrogens is 350 g/mol. The van der Waals surface area contributed by atoms with Gasteiger partial charge < -0.3 is 9.64 Å². The van der Waals surface area contributed by atoms with Crippen molar-refractivity contribution < 1.29 is 14.3 Å². The Balaban J connectivity index is 1.84. The van der Waals surface area contributed by atoms with Gasteiger partial charge in [0.25, 0.3) is 0 Å². The van der Waals surface area contributed by atoms with Gasteiger partial charge in [-0.3, -0.25) is 4.79 Å². The Hall–Kier alpha value is -3.40. The van der Waals surface area contributed by atoms with E-state index in [2.05, 4.69) is 0 Å². The minimum atomic E-state index is -0.816. The highest BCUT2D eigenvalue weighted by Crippen LogP contribution is 2.44. The zero-order chi connectivity index (χ0) is 19.5. The van der Waals surface area contributed by atoms with E-state index in [0.717, 1.165) is 16.7 Å². The predicted molar refractivity (Wildman–Crippen MR) is 106 cm³/mol. The molecule has 3 aromatic carbocycles. The first kappa shape index (κ1) is 18.0. The van der Waals surface area contributed by atoms with Gasteiger partial charge in [0.15, 0.2) is 6.10 Å². The molecule has 0 bridgehead atoms. The second-order valence-electron chi connectivity index (χ2n) is 6.89. The molecule has 0 aliphatic carbocycles. The second kappa shape index (κ2) is 7.69. The summed E-state index contributed by atoms with van der Waals surface area (Å²) >= 11 is 0. The molecule has 1 fully saturated rings. The molecule has 1 aliphatic rings. The first-order chi connectivity index (χ1) is 13.7. The Morgan fingerprint density at radius 3 is 1.82 bits per heavy atom.